The van der Waals surface area contributed by atoms with Crippen LogP contribution in [0, 0.1) is 6.92 Å². The molecule has 2 N–H and O–H groups in total. The van der Waals surface area contributed by atoms with Gasteiger partial charge < -0.3 is 15.0 Å². The summed E-state index contributed by atoms with van der Waals surface area (Å²) in [4.78, 5) is 22.5. The number of hydrogen-bond acceptors (Lipinski definition) is 4. The first-order chi connectivity index (χ1) is 14.0. The van der Waals surface area contributed by atoms with Crippen molar-refractivity contribution in [1.82, 2.24) is 20.2 Å². The first-order valence-corrected chi connectivity index (χ1v) is 10.2. The van der Waals surface area contributed by atoms with E-state index in [9.17, 15) is 4.79 Å². The van der Waals surface area contributed by atoms with Crippen LogP contribution < -0.4 is 10.1 Å². The van der Waals surface area contributed by atoms with Crippen LogP contribution in [0.1, 0.15) is 23.9 Å². The van der Waals surface area contributed by atoms with Crippen molar-refractivity contribution < 1.29 is 9.53 Å². The molecule has 6 nitrogen and oxygen atoms in total. The van der Waals surface area contributed by atoms with E-state index in [0.29, 0.717) is 37.6 Å². The number of aromatic amines is 1. The van der Waals surface area contributed by atoms with Gasteiger partial charge in [-0.15, -0.1) is 0 Å². The average molecular weight is 413 g/mol. The third-order valence-corrected chi connectivity index (χ3v) is 5.31. The third-order valence-electron chi connectivity index (χ3n) is 5.07. The van der Waals surface area contributed by atoms with E-state index >= 15 is 0 Å². The van der Waals surface area contributed by atoms with Gasteiger partial charge in [0.05, 0.1) is 17.6 Å². The van der Waals surface area contributed by atoms with Crippen LogP contribution in [0.5, 0.6) is 5.75 Å². The van der Waals surface area contributed by atoms with E-state index < -0.39 is 0 Å². The molecule has 1 aliphatic heterocycles. The molecule has 1 aromatic heterocycles. The number of fused-ring (bicyclic) bond motifs is 2. The summed E-state index contributed by atoms with van der Waals surface area (Å²) < 4.78 is 5.96. The number of ether oxygens (including phenoxy) is 1. The number of nitrogens with zero attached hydrogens (tertiary/aromatic N) is 2. The van der Waals surface area contributed by atoms with Gasteiger partial charge in [-0.2, -0.15) is 0 Å². The molecule has 2 heterocycles. The molecule has 29 heavy (non-hydrogen) atoms. The van der Waals surface area contributed by atoms with Crippen LogP contribution in [-0.4, -0.2) is 46.5 Å². The molecule has 1 amide bonds. The molecule has 3 aromatic rings. The van der Waals surface area contributed by atoms with Crippen molar-refractivity contribution in [1.29, 1.82) is 0 Å². The van der Waals surface area contributed by atoms with Gasteiger partial charge in [0.15, 0.2) is 0 Å². The van der Waals surface area contributed by atoms with Crippen molar-refractivity contribution in [2.45, 2.75) is 32.9 Å². The van der Waals surface area contributed by atoms with E-state index in [2.05, 4.69) is 20.2 Å². The summed E-state index contributed by atoms with van der Waals surface area (Å²) in [5, 5.41) is 3.67. The van der Waals surface area contributed by atoms with Gasteiger partial charge in [0.25, 0.3) is 0 Å². The van der Waals surface area contributed by atoms with Crippen molar-refractivity contribution in [3.05, 3.63) is 58.4 Å². The Hall–Kier alpha value is -2.57. The molecular weight excluding hydrogens is 388 g/mol. The summed E-state index contributed by atoms with van der Waals surface area (Å²) in [6.45, 7) is 6.24. The number of benzene rings is 2. The van der Waals surface area contributed by atoms with Crippen LogP contribution in [0.2, 0.25) is 5.02 Å². The number of aromatic nitrogens is 2. The molecule has 2 aromatic carbocycles. The number of amides is 1. The minimum Gasteiger partial charge on any atom is -0.489 e. The molecule has 1 atom stereocenters. The summed E-state index contributed by atoms with van der Waals surface area (Å²) in [6.07, 6.45) is 0.668. The standard InChI is InChI=1S/C22H25ClN4O2/c1-14-4-3-5-18-22(14)26-20(25-18)8-9-24-21(28)13-27-11-15(2)29-19-7-6-17(23)10-16(19)12-27/h3-7,10,15H,8-9,11-13H2,1-2H3,(H,24,28)(H,25,26). The van der Waals surface area contributed by atoms with Gasteiger partial charge in [-0.3, -0.25) is 9.69 Å². The maximum Gasteiger partial charge on any atom is 0.234 e. The largest absolute Gasteiger partial charge is 0.489 e. The van der Waals surface area contributed by atoms with Gasteiger partial charge >= 0.3 is 0 Å². The second-order valence-corrected chi connectivity index (χ2v) is 8.04. The zero-order valence-electron chi connectivity index (χ0n) is 16.7. The van der Waals surface area contributed by atoms with Crippen LogP contribution in [0.3, 0.4) is 0 Å². The zero-order valence-corrected chi connectivity index (χ0v) is 17.4. The van der Waals surface area contributed by atoms with Gasteiger partial charge in [-0.25, -0.2) is 4.98 Å². The Balaban J connectivity index is 1.32. The summed E-state index contributed by atoms with van der Waals surface area (Å²) in [5.74, 6) is 1.72. The number of halogens is 1. The Morgan fingerprint density at radius 2 is 2.24 bits per heavy atom. The van der Waals surface area contributed by atoms with Crippen molar-refractivity contribution >= 4 is 28.5 Å². The Morgan fingerprint density at radius 3 is 3.07 bits per heavy atom. The number of carbonyl (C=O) groups is 1. The van der Waals surface area contributed by atoms with Gasteiger partial charge in [-0.05, 0) is 43.7 Å². The average Bonchev–Trinajstić information content (AvgIpc) is 3.01. The molecule has 0 saturated carbocycles. The van der Waals surface area contributed by atoms with Crippen LogP contribution in [-0.2, 0) is 17.8 Å². The predicted octanol–water partition coefficient (Wildman–Crippen LogP) is 3.47. The zero-order chi connectivity index (χ0) is 20.4. The molecule has 7 heteroatoms. The molecule has 4 rings (SSSR count). The Morgan fingerprint density at radius 1 is 1.38 bits per heavy atom. The number of carbonyl (C=O) groups excluding carboxylic acids is 1. The molecule has 0 spiro atoms. The van der Waals surface area contributed by atoms with Gasteiger partial charge in [-0.1, -0.05) is 23.7 Å². The normalized spacial score (nSPS) is 16.9. The molecular formula is C22H25ClN4O2. The molecule has 0 fully saturated rings. The molecule has 0 bridgehead atoms. The maximum atomic E-state index is 12.5. The summed E-state index contributed by atoms with van der Waals surface area (Å²) in [5.41, 5.74) is 4.17. The lowest BCUT2D eigenvalue weighted by atomic mass is 10.2. The van der Waals surface area contributed by atoms with Crippen molar-refractivity contribution in [3.8, 4) is 5.75 Å². The topological polar surface area (TPSA) is 70.2 Å². The second-order valence-electron chi connectivity index (χ2n) is 7.60. The summed E-state index contributed by atoms with van der Waals surface area (Å²) >= 11 is 6.12. The molecule has 152 valence electrons. The number of hydrogen-bond donors (Lipinski definition) is 2. The van der Waals surface area contributed by atoms with E-state index in [1.165, 1.54) is 0 Å². The Labute approximate surface area is 175 Å². The van der Waals surface area contributed by atoms with Crippen molar-refractivity contribution in [2.75, 3.05) is 19.6 Å². The highest BCUT2D eigenvalue weighted by Gasteiger charge is 2.22. The highest BCUT2D eigenvalue weighted by atomic mass is 35.5. The third kappa shape index (κ3) is 4.71. The molecule has 1 aliphatic rings. The maximum absolute atomic E-state index is 12.5. The number of nitrogens with one attached hydrogen (secondary N) is 2. The Kier molecular flexibility index (Phi) is 5.74. The van der Waals surface area contributed by atoms with Crippen molar-refractivity contribution in [2.24, 2.45) is 0 Å². The number of aryl methyl sites for hydroxylation is 1. The highest BCUT2D eigenvalue weighted by molar-refractivity contribution is 6.30. The van der Waals surface area contributed by atoms with E-state index in [0.717, 1.165) is 33.7 Å². The van der Waals surface area contributed by atoms with Crippen LogP contribution >= 0.6 is 11.6 Å². The van der Waals surface area contributed by atoms with E-state index in [1.807, 2.05) is 50.2 Å². The van der Waals surface area contributed by atoms with E-state index in [1.54, 1.807) is 0 Å². The fourth-order valence-electron chi connectivity index (χ4n) is 3.75. The second kappa shape index (κ2) is 8.43. The molecule has 0 radical (unpaired) electrons. The number of rotatable bonds is 5. The monoisotopic (exact) mass is 412 g/mol. The fraction of sp³-hybridized carbons (Fsp3) is 0.364. The lowest BCUT2D eigenvalue weighted by molar-refractivity contribution is -0.122. The smallest absolute Gasteiger partial charge is 0.234 e. The van der Waals surface area contributed by atoms with Gasteiger partial charge in [0.2, 0.25) is 5.91 Å². The lowest BCUT2D eigenvalue weighted by Gasteiger charge is -2.21. The minimum absolute atomic E-state index is 0.00372. The first kappa shape index (κ1) is 19.7. The number of para-hydroxylation sites is 1. The van der Waals surface area contributed by atoms with Crippen LogP contribution in [0.25, 0.3) is 11.0 Å². The Bertz CT molecular complexity index is 1030. The van der Waals surface area contributed by atoms with Gasteiger partial charge in [0, 0.05) is 36.6 Å². The predicted molar refractivity (Wildman–Crippen MR) is 114 cm³/mol. The van der Waals surface area contributed by atoms with Crippen LogP contribution in [0.4, 0.5) is 0 Å². The minimum atomic E-state index is -0.00466. The number of H-pyrrole nitrogens is 1. The molecule has 0 aliphatic carbocycles. The van der Waals surface area contributed by atoms with E-state index in [-0.39, 0.29) is 12.0 Å². The quantitative estimate of drug-likeness (QED) is 0.673. The summed E-state index contributed by atoms with van der Waals surface area (Å²) in [6, 6.07) is 11.7. The van der Waals surface area contributed by atoms with Gasteiger partial charge in [0.1, 0.15) is 17.7 Å². The molecule has 1 unspecified atom stereocenters. The van der Waals surface area contributed by atoms with Crippen molar-refractivity contribution in [3.63, 3.8) is 0 Å². The lowest BCUT2D eigenvalue weighted by Crippen LogP contribution is -2.40. The first-order valence-electron chi connectivity index (χ1n) is 9.86. The number of imidazole rings is 1. The summed E-state index contributed by atoms with van der Waals surface area (Å²) in [7, 11) is 0. The highest BCUT2D eigenvalue weighted by Crippen LogP contribution is 2.27. The SMILES string of the molecule is Cc1cccc2[nH]c(CCNC(=O)CN3Cc4cc(Cl)ccc4OC(C)C3)nc12. The fourth-order valence-corrected chi connectivity index (χ4v) is 3.95. The van der Waals surface area contributed by atoms with Crippen LogP contribution in [0.15, 0.2) is 36.4 Å². The van der Waals surface area contributed by atoms with E-state index in [4.69, 9.17) is 16.3 Å². The molecule has 0 saturated heterocycles.